The van der Waals surface area contributed by atoms with Crippen LogP contribution in [-0.4, -0.2) is 37.4 Å². The summed E-state index contributed by atoms with van der Waals surface area (Å²) < 4.78 is 1.97. The molecule has 0 saturated carbocycles. The normalized spacial score (nSPS) is 18.3. The molecule has 1 aliphatic heterocycles. The van der Waals surface area contributed by atoms with Gasteiger partial charge in [-0.1, -0.05) is 13.8 Å². The van der Waals surface area contributed by atoms with Gasteiger partial charge in [-0.05, 0) is 49.4 Å². The summed E-state index contributed by atoms with van der Waals surface area (Å²) in [6.45, 7) is 10.6. The van der Waals surface area contributed by atoms with Crippen LogP contribution in [0.5, 0.6) is 0 Å². The summed E-state index contributed by atoms with van der Waals surface area (Å²) in [6.07, 6.45) is 5.70. The molecule has 0 amide bonds. The molecule has 0 radical (unpaired) electrons. The minimum atomic E-state index is 0.525. The fourth-order valence-corrected chi connectivity index (χ4v) is 4.19. The van der Waals surface area contributed by atoms with Crippen LogP contribution in [0, 0.1) is 25.7 Å². The molecule has 1 saturated heterocycles. The van der Waals surface area contributed by atoms with E-state index >= 15 is 0 Å². The molecule has 1 fully saturated rings. The van der Waals surface area contributed by atoms with Crippen LogP contribution in [0.25, 0.3) is 5.65 Å². The van der Waals surface area contributed by atoms with E-state index in [9.17, 15) is 0 Å². The highest BCUT2D eigenvalue weighted by Gasteiger charge is 2.27. The second-order valence-corrected chi connectivity index (χ2v) is 8.82. The van der Waals surface area contributed by atoms with Crippen LogP contribution in [0.4, 0.5) is 29.1 Å². The quantitative estimate of drug-likeness (QED) is 0.476. The fraction of sp³-hybridized carbons (Fsp3) is 0.333. The number of imidazole rings is 1. The smallest absolute Gasteiger partial charge is 0.232 e. The summed E-state index contributed by atoms with van der Waals surface area (Å²) >= 11 is 0. The Labute approximate surface area is 187 Å². The number of anilines is 5. The van der Waals surface area contributed by atoms with Gasteiger partial charge in [-0.15, -0.1) is 0 Å². The largest absolute Gasteiger partial charge is 0.356 e. The molecule has 0 bridgehead atoms. The van der Waals surface area contributed by atoms with Crippen LogP contribution < -0.4 is 15.5 Å². The Morgan fingerprint density at radius 1 is 0.875 bits per heavy atom. The zero-order valence-electron chi connectivity index (χ0n) is 18.9. The molecule has 5 rings (SSSR count). The molecule has 0 spiro atoms. The number of fused-ring (bicyclic) bond motifs is 1. The van der Waals surface area contributed by atoms with E-state index in [1.54, 1.807) is 6.20 Å². The lowest BCUT2D eigenvalue weighted by Crippen LogP contribution is -2.21. The highest BCUT2D eigenvalue weighted by Crippen LogP contribution is 2.30. The van der Waals surface area contributed by atoms with Gasteiger partial charge >= 0.3 is 0 Å². The van der Waals surface area contributed by atoms with Crippen LogP contribution in [0.2, 0.25) is 0 Å². The Bertz CT molecular complexity index is 1230. The van der Waals surface area contributed by atoms with Gasteiger partial charge in [-0.2, -0.15) is 9.97 Å². The molecule has 0 unspecified atom stereocenters. The zero-order valence-corrected chi connectivity index (χ0v) is 18.9. The molecular weight excluding hydrogens is 400 g/mol. The monoisotopic (exact) mass is 428 g/mol. The second-order valence-electron chi connectivity index (χ2n) is 8.82. The van der Waals surface area contributed by atoms with Crippen LogP contribution in [0.3, 0.4) is 0 Å². The van der Waals surface area contributed by atoms with Crippen LogP contribution in [0.1, 0.15) is 25.1 Å². The maximum Gasteiger partial charge on any atom is 0.232 e. The number of aryl methyl sites for hydroxylation is 2. The Morgan fingerprint density at radius 2 is 1.66 bits per heavy atom. The van der Waals surface area contributed by atoms with E-state index in [0.717, 1.165) is 53.1 Å². The summed E-state index contributed by atoms with van der Waals surface area (Å²) in [4.78, 5) is 20.9. The zero-order chi connectivity index (χ0) is 22.2. The van der Waals surface area contributed by atoms with E-state index in [1.807, 2.05) is 54.0 Å². The third kappa shape index (κ3) is 4.21. The lowest BCUT2D eigenvalue weighted by atomic mass is 10.0. The van der Waals surface area contributed by atoms with Crippen LogP contribution in [-0.2, 0) is 0 Å². The summed E-state index contributed by atoms with van der Waals surface area (Å²) in [7, 11) is 0. The first-order chi connectivity index (χ1) is 15.4. The molecular formula is C24H28N8. The number of nitrogens with one attached hydrogen (secondary N) is 2. The molecule has 2 atom stereocenters. The molecule has 4 aromatic heterocycles. The average Bonchev–Trinajstić information content (AvgIpc) is 3.33. The second kappa shape index (κ2) is 8.11. The molecule has 0 aliphatic carbocycles. The Morgan fingerprint density at radius 3 is 2.44 bits per heavy atom. The number of rotatable bonds is 5. The van der Waals surface area contributed by atoms with Crippen molar-refractivity contribution >= 4 is 34.7 Å². The average molecular weight is 429 g/mol. The number of nitrogens with zero attached hydrogens (tertiary/aromatic N) is 6. The van der Waals surface area contributed by atoms with Gasteiger partial charge in [-0.3, -0.25) is 0 Å². The van der Waals surface area contributed by atoms with Gasteiger partial charge in [0.1, 0.15) is 23.1 Å². The minimum Gasteiger partial charge on any atom is -0.356 e. The lowest BCUT2D eigenvalue weighted by Gasteiger charge is -2.19. The predicted octanol–water partition coefficient (Wildman–Crippen LogP) is 4.72. The van der Waals surface area contributed by atoms with Crippen LogP contribution in [0.15, 0.2) is 48.9 Å². The van der Waals surface area contributed by atoms with Crippen molar-refractivity contribution < 1.29 is 0 Å². The van der Waals surface area contributed by atoms with Gasteiger partial charge in [0.25, 0.3) is 0 Å². The standard InChI is InChI=1S/C24H28N8/c1-15-9-18(4)26-20(10-15)28-24-29-21(12-23(30-24)32-13-16(2)17(3)14-32)27-19-5-7-31-8-6-25-22(31)11-19/h5-12,16-17H,13-14H2,1-4H3,(H2,26,27,28,29,30)/t16-,17-/m0/s1. The van der Waals surface area contributed by atoms with E-state index < -0.39 is 0 Å². The number of pyridine rings is 2. The number of hydrogen-bond acceptors (Lipinski definition) is 7. The maximum atomic E-state index is 4.83. The third-order valence-corrected chi connectivity index (χ3v) is 6.03. The molecule has 8 nitrogen and oxygen atoms in total. The fourth-order valence-electron chi connectivity index (χ4n) is 4.19. The summed E-state index contributed by atoms with van der Waals surface area (Å²) in [6, 6.07) is 10.1. The van der Waals surface area contributed by atoms with E-state index in [0.29, 0.717) is 17.8 Å². The maximum absolute atomic E-state index is 4.83. The number of hydrogen-bond donors (Lipinski definition) is 2. The van der Waals surface area contributed by atoms with Gasteiger partial charge in [0.05, 0.1) is 0 Å². The molecule has 164 valence electrons. The Balaban J connectivity index is 1.49. The molecule has 0 aromatic carbocycles. The Kier molecular flexibility index (Phi) is 5.13. The van der Waals surface area contributed by atoms with Crippen molar-refractivity contribution in [2.45, 2.75) is 27.7 Å². The topological polar surface area (TPSA) is 83.3 Å². The van der Waals surface area contributed by atoms with Gasteiger partial charge in [-0.25, -0.2) is 9.97 Å². The summed E-state index contributed by atoms with van der Waals surface area (Å²) in [5, 5.41) is 6.74. The van der Waals surface area contributed by atoms with Crippen molar-refractivity contribution in [2.75, 3.05) is 28.6 Å². The summed E-state index contributed by atoms with van der Waals surface area (Å²) in [5.41, 5.74) is 3.90. The predicted molar refractivity (Wildman–Crippen MR) is 128 cm³/mol. The number of aromatic nitrogens is 5. The van der Waals surface area contributed by atoms with Gasteiger partial charge in [0.15, 0.2) is 0 Å². The molecule has 8 heteroatoms. The molecule has 1 aliphatic rings. The molecule has 2 N–H and O–H groups in total. The first-order valence-electron chi connectivity index (χ1n) is 11.0. The van der Waals surface area contributed by atoms with Gasteiger partial charge in [0, 0.05) is 55.2 Å². The summed E-state index contributed by atoms with van der Waals surface area (Å²) in [5.74, 6) is 4.16. The highest BCUT2D eigenvalue weighted by molar-refractivity contribution is 5.66. The van der Waals surface area contributed by atoms with E-state index in [-0.39, 0.29) is 0 Å². The van der Waals surface area contributed by atoms with Crippen molar-refractivity contribution in [1.82, 2.24) is 24.3 Å². The molecule has 5 heterocycles. The van der Waals surface area contributed by atoms with Crippen molar-refractivity contribution in [3.05, 3.63) is 60.2 Å². The minimum absolute atomic E-state index is 0.525. The molecule has 32 heavy (non-hydrogen) atoms. The van der Waals surface area contributed by atoms with Crippen molar-refractivity contribution in [2.24, 2.45) is 11.8 Å². The first kappa shape index (κ1) is 20.2. The Hall–Kier alpha value is -3.68. The van der Waals surface area contributed by atoms with Crippen molar-refractivity contribution in [1.29, 1.82) is 0 Å². The molecule has 4 aromatic rings. The van der Waals surface area contributed by atoms with Gasteiger partial charge < -0.3 is 19.9 Å². The van der Waals surface area contributed by atoms with E-state index in [2.05, 4.69) is 46.3 Å². The SMILES string of the molecule is Cc1cc(C)nc(Nc2nc(Nc3ccn4ccnc4c3)cc(N3C[C@H](C)[C@@H](C)C3)n2)c1. The highest BCUT2D eigenvalue weighted by atomic mass is 15.3. The first-order valence-corrected chi connectivity index (χ1v) is 11.0. The third-order valence-electron chi connectivity index (χ3n) is 6.03. The van der Waals surface area contributed by atoms with Crippen LogP contribution >= 0.6 is 0 Å². The van der Waals surface area contributed by atoms with Gasteiger partial charge in [0.2, 0.25) is 5.95 Å². The van der Waals surface area contributed by atoms with Crippen molar-refractivity contribution in [3.8, 4) is 0 Å². The van der Waals surface area contributed by atoms with E-state index in [4.69, 9.17) is 9.97 Å². The van der Waals surface area contributed by atoms with E-state index in [1.165, 1.54) is 0 Å². The van der Waals surface area contributed by atoms with Crippen molar-refractivity contribution in [3.63, 3.8) is 0 Å². The lowest BCUT2D eigenvalue weighted by molar-refractivity contribution is 0.494.